The van der Waals surface area contributed by atoms with Crippen LogP contribution >= 0.6 is 0 Å². The predicted octanol–water partition coefficient (Wildman–Crippen LogP) is 4.02. The van der Waals surface area contributed by atoms with Crippen LogP contribution in [0.4, 0.5) is 0 Å². The monoisotopic (exact) mass is 267 g/mol. The maximum Gasteiger partial charge on any atom is 0.134 e. The number of aliphatic hydroxyl groups excluding tert-OH is 1. The molecule has 2 rings (SSSR count). The van der Waals surface area contributed by atoms with Crippen molar-refractivity contribution in [3.8, 4) is 17.6 Å². The molecular formula is C17H17NO2. The maximum absolute atomic E-state index is 9.79. The third-order valence-electron chi connectivity index (χ3n) is 3.02. The Balaban J connectivity index is 2.43. The van der Waals surface area contributed by atoms with E-state index in [4.69, 9.17) is 10.00 Å². The van der Waals surface area contributed by atoms with Crippen LogP contribution in [0, 0.1) is 25.2 Å². The fraction of sp³-hybridized carbons (Fsp3) is 0.235. The highest BCUT2D eigenvalue weighted by Gasteiger charge is 2.11. The average molecular weight is 267 g/mol. The van der Waals surface area contributed by atoms with Crippen LogP contribution in [-0.2, 0) is 0 Å². The fourth-order valence-corrected chi connectivity index (χ4v) is 2.16. The van der Waals surface area contributed by atoms with Crippen LogP contribution in [0.1, 0.15) is 35.3 Å². The molecule has 0 unspecified atom stereocenters. The summed E-state index contributed by atoms with van der Waals surface area (Å²) in [6.07, 6.45) is -0.649. The lowest BCUT2D eigenvalue weighted by atomic mass is 10.1. The number of nitrogens with zero attached hydrogens (tertiary/aromatic N) is 1. The zero-order valence-corrected chi connectivity index (χ0v) is 11.8. The number of rotatable bonds is 3. The van der Waals surface area contributed by atoms with E-state index < -0.39 is 6.10 Å². The van der Waals surface area contributed by atoms with Crippen molar-refractivity contribution in [2.45, 2.75) is 26.9 Å². The Labute approximate surface area is 119 Å². The van der Waals surface area contributed by atoms with E-state index in [-0.39, 0.29) is 0 Å². The molecule has 1 atom stereocenters. The van der Waals surface area contributed by atoms with Crippen molar-refractivity contribution in [3.05, 3.63) is 58.7 Å². The average Bonchev–Trinajstić information content (AvgIpc) is 2.37. The van der Waals surface area contributed by atoms with Crippen molar-refractivity contribution in [1.82, 2.24) is 0 Å². The Kier molecular flexibility index (Phi) is 4.07. The van der Waals surface area contributed by atoms with E-state index in [9.17, 15) is 5.11 Å². The van der Waals surface area contributed by atoms with E-state index >= 15 is 0 Å². The van der Waals surface area contributed by atoms with Crippen LogP contribution in [0.25, 0.3) is 0 Å². The lowest BCUT2D eigenvalue weighted by Gasteiger charge is -2.14. The summed E-state index contributed by atoms with van der Waals surface area (Å²) in [5.41, 5.74) is 3.39. The molecule has 102 valence electrons. The molecular weight excluding hydrogens is 250 g/mol. The van der Waals surface area contributed by atoms with Gasteiger partial charge in [0, 0.05) is 5.56 Å². The molecule has 3 heteroatoms. The third kappa shape index (κ3) is 3.17. The standard InChI is InChI=1S/C17H17NO2/c1-11-6-12(2)8-15(7-11)20-17-9-14(10-18)4-5-16(17)13(3)19/h4-9,13,19H,1-3H3/t13-/m0/s1. The first-order valence-corrected chi connectivity index (χ1v) is 6.48. The summed E-state index contributed by atoms with van der Waals surface area (Å²) in [6, 6.07) is 13.1. The van der Waals surface area contributed by atoms with Crippen LogP contribution < -0.4 is 4.74 Å². The first kappa shape index (κ1) is 14.1. The van der Waals surface area contributed by atoms with Crippen LogP contribution in [0.15, 0.2) is 36.4 Å². The van der Waals surface area contributed by atoms with Gasteiger partial charge in [0.1, 0.15) is 11.5 Å². The molecule has 0 spiro atoms. The molecule has 0 fully saturated rings. The molecule has 0 saturated heterocycles. The first-order chi connectivity index (χ1) is 9.49. The number of hydrogen-bond acceptors (Lipinski definition) is 3. The van der Waals surface area contributed by atoms with Crippen LogP contribution in [0.3, 0.4) is 0 Å². The Morgan fingerprint density at radius 3 is 2.30 bits per heavy atom. The van der Waals surface area contributed by atoms with E-state index in [0.717, 1.165) is 11.1 Å². The van der Waals surface area contributed by atoms with Crippen molar-refractivity contribution in [2.75, 3.05) is 0 Å². The van der Waals surface area contributed by atoms with E-state index in [1.54, 1.807) is 25.1 Å². The van der Waals surface area contributed by atoms with E-state index in [1.165, 1.54) is 0 Å². The van der Waals surface area contributed by atoms with Gasteiger partial charge in [-0.05, 0) is 56.2 Å². The summed E-state index contributed by atoms with van der Waals surface area (Å²) < 4.78 is 5.86. The molecule has 0 aliphatic rings. The number of aliphatic hydroxyl groups is 1. The number of hydrogen-bond donors (Lipinski definition) is 1. The Bertz CT molecular complexity index is 649. The number of aryl methyl sites for hydroxylation is 2. The van der Waals surface area contributed by atoms with Gasteiger partial charge in [0.2, 0.25) is 0 Å². The maximum atomic E-state index is 9.79. The van der Waals surface area contributed by atoms with Gasteiger partial charge in [-0.3, -0.25) is 0 Å². The molecule has 1 N–H and O–H groups in total. The third-order valence-corrected chi connectivity index (χ3v) is 3.02. The van der Waals surface area contributed by atoms with Gasteiger partial charge in [-0.2, -0.15) is 5.26 Å². The summed E-state index contributed by atoms with van der Waals surface area (Å²) >= 11 is 0. The second-order valence-electron chi connectivity index (χ2n) is 4.97. The molecule has 20 heavy (non-hydrogen) atoms. The second kappa shape index (κ2) is 5.77. The van der Waals surface area contributed by atoms with Crippen molar-refractivity contribution in [1.29, 1.82) is 5.26 Å². The molecule has 0 aliphatic carbocycles. The molecule has 2 aromatic rings. The van der Waals surface area contributed by atoms with Crippen molar-refractivity contribution >= 4 is 0 Å². The molecule has 2 aromatic carbocycles. The summed E-state index contributed by atoms with van der Waals surface area (Å²) in [5, 5.41) is 18.8. The minimum Gasteiger partial charge on any atom is -0.457 e. The molecule has 3 nitrogen and oxygen atoms in total. The normalized spacial score (nSPS) is 11.8. The summed E-state index contributed by atoms with van der Waals surface area (Å²) in [6.45, 7) is 5.68. The fourth-order valence-electron chi connectivity index (χ4n) is 2.16. The molecule has 0 saturated carbocycles. The zero-order chi connectivity index (χ0) is 14.7. The van der Waals surface area contributed by atoms with E-state index in [1.807, 2.05) is 26.0 Å². The summed E-state index contributed by atoms with van der Waals surface area (Å²) in [4.78, 5) is 0. The topological polar surface area (TPSA) is 53.2 Å². The van der Waals surface area contributed by atoms with Crippen LogP contribution in [-0.4, -0.2) is 5.11 Å². The van der Waals surface area contributed by atoms with Gasteiger partial charge < -0.3 is 9.84 Å². The van der Waals surface area contributed by atoms with Crippen molar-refractivity contribution in [2.24, 2.45) is 0 Å². The lowest BCUT2D eigenvalue weighted by molar-refractivity contribution is 0.195. The molecule has 0 bridgehead atoms. The summed E-state index contributed by atoms with van der Waals surface area (Å²) in [5.74, 6) is 1.23. The highest BCUT2D eigenvalue weighted by Crippen LogP contribution is 2.31. The lowest BCUT2D eigenvalue weighted by Crippen LogP contribution is -1.97. The van der Waals surface area contributed by atoms with Gasteiger partial charge >= 0.3 is 0 Å². The number of nitriles is 1. The SMILES string of the molecule is Cc1cc(C)cc(Oc2cc(C#N)ccc2[C@H](C)O)c1. The van der Waals surface area contributed by atoms with Crippen molar-refractivity contribution in [3.63, 3.8) is 0 Å². The second-order valence-corrected chi connectivity index (χ2v) is 4.97. The highest BCUT2D eigenvalue weighted by molar-refractivity contribution is 5.46. The molecule has 0 aliphatic heterocycles. The molecule has 0 aromatic heterocycles. The molecule has 0 heterocycles. The number of benzene rings is 2. The minimum atomic E-state index is -0.649. The molecule has 0 amide bonds. The number of ether oxygens (including phenoxy) is 1. The molecule has 0 radical (unpaired) electrons. The van der Waals surface area contributed by atoms with Gasteiger partial charge in [0.05, 0.1) is 17.7 Å². The predicted molar refractivity (Wildman–Crippen MR) is 77.8 cm³/mol. The Morgan fingerprint density at radius 2 is 1.75 bits per heavy atom. The smallest absolute Gasteiger partial charge is 0.134 e. The van der Waals surface area contributed by atoms with E-state index in [0.29, 0.717) is 22.6 Å². The van der Waals surface area contributed by atoms with Crippen LogP contribution in [0.2, 0.25) is 0 Å². The Morgan fingerprint density at radius 1 is 1.10 bits per heavy atom. The highest BCUT2D eigenvalue weighted by atomic mass is 16.5. The van der Waals surface area contributed by atoms with Gasteiger partial charge in [-0.1, -0.05) is 12.1 Å². The minimum absolute atomic E-state index is 0.508. The summed E-state index contributed by atoms with van der Waals surface area (Å²) in [7, 11) is 0. The largest absolute Gasteiger partial charge is 0.457 e. The van der Waals surface area contributed by atoms with Crippen molar-refractivity contribution < 1.29 is 9.84 Å². The van der Waals surface area contributed by atoms with Gasteiger partial charge in [0.25, 0.3) is 0 Å². The van der Waals surface area contributed by atoms with Gasteiger partial charge in [0.15, 0.2) is 0 Å². The zero-order valence-electron chi connectivity index (χ0n) is 11.8. The Hall–Kier alpha value is -2.31. The van der Waals surface area contributed by atoms with Gasteiger partial charge in [-0.15, -0.1) is 0 Å². The van der Waals surface area contributed by atoms with E-state index in [2.05, 4.69) is 12.1 Å². The van der Waals surface area contributed by atoms with Crippen LogP contribution in [0.5, 0.6) is 11.5 Å². The quantitative estimate of drug-likeness (QED) is 0.913. The first-order valence-electron chi connectivity index (χ1n) is 6.48. The van der Waals surface area contributed by atoms with Gasteiger partial charge in [-0.25, -0.2) is 0 Å².